The Hall–Kier alpha value is -1.70. The third kappa shape index (κ3) is 5.08. The van der Waals surface area contributed by atoms with Crippen molar-refractivity contribution in [2.75, 3.05) is 0 Å². The van der Waals surface area contributed by atoms with Crippen LogP contribution in [0.1, 0.15) is 38.6 Å². The van der Waals surface area contributed by atoms with Gasteiger partial charge in [-0.2, -0.15) is 9.78 Å². The Bertz CT molecular complexity index is 1140. The maximum absolute atomic E-state index is 13.1. The Kier molecular flexibility index (Phi) is 7.14. The summed E-state index contributed by atoms with van der Waals surface area (Å²) in [5.41, 5.74) is 1.10. The lowest BCUT2D eigenvalue weighted by molar-refractivity contribution is 0.240. The van der Waals surface area contributed by atoms with E-state index in [1.54, 1.807) is 24.4 Å². The number of halogens is 3. The summed E-state index contributed by atoms with van der Waals surface area (Å²) in [7, 11) is 0. The zero-order valence-corrected chi connectivity index (χ0v) is 20.2. The molecule has 0 atom stereocenters. The molecule has 0 unspecified atom stereocenters. The van der Waals surface area contributed by atoms with Crippen molar-refractivity contribution in [3.63, 3.8) is 0 Å². The number of aromatic nitrogens is 2. The maximum Gasteiger partial charge on any atom is 0.282 e. The maximum atomic E-state index is 13.1. The highest BCUT2D eigenvalue weighted by Gasteiger charge is 2.13. The third-order valence-electron chi connectivity index (χ3n) is 4.05. The van der Waals surface area contributed by atoms with Gasteiger partial charge in [0.05, 0.1) is 27.7 Å². The van der Waals surface area contributed by atoms with E-state index >= 15 is 0 Å². The van der Waals surface area contributed by atoms with Crippen LogP contribution < -0.4 is 10.3 Å². The zero-order valence-electron chi connectivity index (χ0n) is 16.2. The number of aryl methyl sites for hydroxylation is 1. The average Bonchev–Trinajstić information content (AvgIpc) is 2.64. The highest BCUT2D eigenvalue weighted by molar-refractivity contribution is 9.10. The van der Waals surface area contributed by atoms with Crippen LogP contribution in [-0.2, 0) is 6.42 Å². The van der Waals surface area contributed by atoms with Gasteiger partial charge in [-0.3, -0.25) is 4.79 Å². The molecule has 0 N–H and O–H groups in total. The van der Waals surface area contributed by atoms with Crippen molar-refractivity contribution in [1.29, 1.82) is 0 Å². The van der Waals surface area contributed by atoms with Gasteiger partial charge < -0.3 is 4.74 Å². The second-order valence-electron chi connectivity index (χ2n) is 6.77. The predicted octanol–water partition coefficient (Wildman–Crippen LogP) is 6.20. The molecule has 1 aromatic heterocycles. The lowest BCUT2D eigenvalue weighted by Gasteiger charge is -2.15. The molecule has 3 rings (SSSR count). The standard InChI is InChI=1S/C21H20Br2ClN3O2/c1-4-5-19-26-18-7-6-14(22)9-16(18)21(28)27(19)25-11-13-8-15(24)10-17(23)20(13)29-12(2)3/h6-12H,4-5H2,1-3H3. The number of hydrogen-bond acceptors (Lipinski definition) is 4. The minimum Gasteiger partial charge on any atom is -0.489 e. The minimum atomic E-state index is -0.219. The Balaban J connectivity index is 2.17. The highest BCUT2D eigenvalue weighted by atomic mass is 79.9. The molecule has 1 heterocycles. The molecule has 3 aromatic rings. The first-order chi connectivity index (χ1) is 13.8. The van der Waals surface area contributed by atoms with Gasteiger partial charge in [-0.15, -0.1) is 0 Å². The smallest absolute Gasteiger partial charge is 0.282 e. The average molecular weight is 542 g/mol. The van der Waals surface area contributed by atoms with E-state index in [0.717, 1.165) is 15.4 Å². The van der Waals surface area contributed by atoms with E-state index in [4.69, 9.17) is 16.3 Å². The molecule has 0 spiro atoms. The summed E-state index contributed by atoms with van der Waals surface area (Å²) in [4.78, 5) is 17.8. The number of rotatable bonds is 6. The molecule has 0 bridgehead atoms. The molecule has 0 fully saturated rings. The summed E-state index contributed by atoms with van der Waals surface area (Å²) in [5.74, 6) is 1.23. The summed E-state index contributed by atoms with van der Waals surface area (Å²) in [6, 6.07) is 8.98. The van der Waals surface area contributed by atoms with E-state index in [1.165, 1.54) is 4.68 Å². The summed E-state index contributed by atoms with van der Waals surface area (Å²) in [5, 5.41) is 5.51. The largest absolute Gasteiger partial charge is 0.489 e. The predicted molar refractivity (Wildman–Crippen MR) is 126 cm³/mol. The van der Waals surface area contributed by atoms with E-state index in [1.807, 2.05) is 32.9 Å². The molecule has 2 aromatic carbocycles. The third-order valence-corrected chi connectivity index (χ3v) is 5.35. The number of nitrogens with zero attached hydrogens (tertiary/aromatic N) is 3. The van der Waals surface area contributed by atoms with Crippen LogP contribution in [0.25, 0.3) is 10.9 Å². The molecule has 0 aliphatic rings. The molecule has 0 aliphatic heterocycles. The van der Waals surface area contributed by atoms with Gasteiger partial charge >= 0.3 is 0 Å². The SMILES string of the molecule is CCCc1nc2ccc(Br)cc2c(=O)n1N=Cc1cc(Cl)cc(Br)c1OC(C)C. The van der Waals surface area contributed by atoms with E-state index in [-0.39, 0.29) is 11.7 Å². The summed E-state index contributed by atoms with van der Waals surface area (Å²) < 4.78 is 8.80. The minimum absolute atomic E-state index is 0.0299. The Labute approximate surface area is 191 Å². The Morgan fingerprint density at radius 2 is 2.03 bits per heavy atom. The van der Waals surface area contributed by atoms with Gasteiger partial charge in [0.15, 0.2) is 0 Å². The molecular formula is C21H20Br2ClN3O2. The monoisotopic (exact) mass is 539 g/mol. The molecule has 0 saturated heterocycles. The normalized spacial score (nSPS) is 11.7. The molecule has 5 nitrogen and oxygen atoms in total. The number of fused-ring (bicyclic) bond motifs is 1. The molecule has 0 radical (unpaired) electrons. The van der Waals surface area contributed by atoms with Crippen molar-refractivity contribution < 1.29 is 4.74 Å². The summed E-state index contributed by atoms with van der Waals surface area (Å²) >= 11 is 13.1. The fraction of sp³-hybridized carbons (Fsp3) is 0.286. The van der Waals surface area contributed by atoms with Crippen LogP contribution in [0.5, 0.6) is 5.75 Å². The highest BCUT2D eigenvalue weighted by Crippen LogP contribution is 2.32. The Morgan fingerprint density at radius 1 is 1.28 bits per heavy atom. The van der Waals surface area contributed by atoms with E-state index in [0.29, 0.717) is 39.5 Å². The fourth-order valence-electron chi connectivity index (χ4n) is 2.86. The first-order valence-electron chi connectivity index (χ1n) is 9.21. The molecule has 0 saturated carbocycles. The van der Waals surface area contributed by atoms with Crippen molar-refractivity contribution in [1.82, 2.24) is 9.66 Å². The summed E-state index contributed by atoms with van der Waals surface area (Å²) in [6.45, 7) is 5.92. The molecule has 152 valence electrons. The van der Waals surface area contributed by atoms with Gasteiger partial charge in [0.2, 0.25) is 0 Å². The molecule has 0 amide bonds. The van der Waals surface area contributed by atoms with E-state index < -0.39 is 0 Å². The van der Waals surface area contributed by atoms with Gasteiger partial charge in [-0.1, -0.05) is 34.5 Å². The Morgan fingerprint density at radius 3 is 2.72 bits per heavy atom. The number of ether oxygens (including phenoxy) is 1. The van der Waals surface area contributed by atoms with E-state index in [9.17, 15) is 4.79 Å². The van der Waals surface area contributed by atoms with E-state index in [2.05, 4.69) is 41.9 Å². The molecular weight excluding hydrogens is 522 g/mol. The molecule has 29 heavy (non-hydrogen) atoms. The van der Waals surface area contributed by atoms with Crippen LogP contribution in [0, 0.1) is 0 Å². The lowest BCUT2D eigenvalue weighted by atomic mass is 10.2. The van der Waals surface area contributed by atoms with Crippen LogP contribution in [0.15, 0.2) is 49.2 Å². The zero-order chi connectivity index (χ0) is 21.1. The van der Waals surface area contributed by atoms with Gasteiger partial charge in [0, 0.05) is 21.5 Å². The van der Waals surface area contributed by atoms with Crippen LogP contribution >= 0.6 is 43.5 Å². The molecule has 0 aliphatic carbocycles. The number of hydrogen-bond donors (Lipinski definition) is 0. The molecule has 8 heteroatoms. The first-order valence-corrected chi connectivity index (χ1v) is 11.2. The first kappa shape index (κ1) is 22.0. The van der Waals surface area contributed by atoms with Crippen molar-refractivity contribution >= 4 is 60.6 Å². The van der Waals surface area contributed by atoms with Crippen molar-refractivity contribution in [3.05, 3.63) is 66.0 Å². The second-order valence-corrected chi connectivity index (χ2v) is 8.98. The second kappa shape index (κ2) is 9.41. The topological polar surface area (TPSA) is 56.5 Å². The van der Waals surface area contributed by atoms with Crippen LogP contribution in [-0.4, -0.2) is 22.0 Å². The fourth-order valence-corrected chi connectivity index (χ4v) is 4.14. The van der Waals surface area contributed by atoms with Gasteiger partial charge in [0.25, 0.3) is 5.56 Å². The number of benzene rings is 2. The summed E-state index contributed by atoms with van der Waals surface area (Å²) in [6.07, 6.45) is 3.03. The lowest BCUT2D eigenvalue weighted by Crippen LogP contribution is -2.22. The quantitative estimate of drug-likeness (QED) is 0.350. The van der Waals surface area contributed by atoms with Crippen LogP contribution in [0.4, 0.5) is 0 Å². The van der Waals surface area contributed by atoms with Gasteiger partial charge in [-0.05, 0) is 66.5 Å². The van der Waals surface area contributed by atoms with Gasteiger partial charge in [0.1, 0.15) is 11.6 Å². The van der Waals surface area contributed by atoms with Crippen LogP contribution in [0.2, 0.25) is 5.02 Å². The van der Waals surface area contributed by atoms with Crippen molar-refractivity contribution in [2.24, 2.45) is 5.10 Å². The van der Waals surface area contributed by atoms with Crippen molar-refractivity contribution in [2.45, 2.75) is 39.7 Å². The van der Waals surface area contributed by atoms with Crippen LogP contribution in [0.3, 0.4) is 0 Å². The van der Waals surface area contributed by atoms with Gasteiger partial charge in [-0.25, -0.2) is 4.98 Å². The van der Waals surface area contributed by atoms with Crippen molar-refractivity contribution in [3.8, 4) is 5.75 Å².